The van der Waals surface area contributed by atoms with Gasteiger partial charge in [-0.05, 0) is 19.2 Å². The molecule has 0 saturated carbocycles. The molecule has 100 valence electrons. The minimum Gasteiger partial charge on any atom is -0.373 e. The van der Waals surface area contributed by atoms with E-state index in [1.54, 1.807) is 0 Å². The Balaban J connectivity index is 2.27. The van der Waals surface area contributed by atoms with Gasteiger partial charge in [-0.15, -0.1) is 0 Å². The Hall–Kier alpha value is -1.55. The van der Waals surface area contributed by atoms with Gasteiger partial charge in [0.05, 0.1) is 0 Å². The third-order valence-electron chi connectivity index (χ3n) is 2.90. The summed E-state index contributed by atoms with van der Waals surface area (Å²) in [7, 11) is 3.88. The highest BCUT2D eigenvalue weighted by molar-refractivity contribution is 5.78. The molecular formula is C14H23N3O. The maximum absolute atomic E-state index is 11.7. The van der Waals surface area contributed by atoms with Crippen LogP contribution < -0.4 is 15.5 Å². The second kappa shape index (κ2) is 7.71. The van der Waals surface area contributed by atoms with Crippen LogP contribution >= 0.6 is 0 Å². The number of rotatable bonds is 7. The number of hydrogen-bond donors (Lipinski definition) is 2. The molecule has 0 fully saturated rings. The smallest absolute Gasteiger partial charge is 0.224 e. The van der Waals surface area contributed by atoms with Crippen molar-refractivity contribution in [2.45, 2.75) is 6.92 Å². The second-order valence-corrected chi connectivity index (χ2v) is 4.51. The van der Waals surface area contributed by atoms with E-state index in [2.05, 4.69) is 27.7 Å². The summed E-state index contributed by atoms with van der Waals surface area (Å²) >= 11 is 0. The van der Waals surface area contributed by atoms with Crippen molar-refractivity contribution in [3.8, 4) is 0 Å². The summed E-state index contributed by atoms with van der Waals surface area (Å²) < 4.78 is 0. The van der Waals surface area contributed by atoms with Gasteiger partial charge in [-0.25, -0.2) is 0 Å². The largest absolute Gasteiger partial charge is 0.373 e. The summed E-state index contributed by atoms with van der Waals surface area (Å²) in [6.45, 7) is 4.10. The van der Waals surface area contributed by atoms with Gasteiger partial charge in [0, 0.05) is 38.3 Å². The Kier molecular flexibility index (Phi) is 6.22. The lowest BCUT2D eigenvalue weighted by molar-refractivity contribution is -0.124. The molecule has 2 N–H and O–H groups in total. The predicted molar refractivity (Wildman–Crippen MR) is 75.8 cm³/mol. The first-order valence-electron chi connectivity index (χ1n) is 6.33. The van der Waals surface area contributed by atoms with Crippen LogP contribution in [0.15, 0.2) is 30.3 Å². The van der Waals surface area contributed by atoms with Gasteiger partial charge in [0.2, 0.25) is 5.91 Å². The molecule has 0 bridgehead atoms. The van der Waals surface area contributed by atoms with Gasteiger partial charge in [0.25, 0.3) is 0 Å². The van der Waals surface area contributed by atoms with E-state index in [0.29, 0.717) is 13.1 Å². The number of hydrogen-bond acceptors (Lipinski definition) is 3. The highest BCUT2D eigenvalue weighted by atomic mass is 16.1. The normalized spacial score (nSPS) is 11.9. The molecule has 0 radical (unpaired) electrons. The number of carbonyl (C=O) groups is 1. The quantitative estimate of drug-likeness (QED) is 0.760. The molecule has 0 spiro atoms. The fraction of sp³-hybridized carbons (Fsp3) is 0.500. The molecule has 4 heteroatoms. The number of amides is 1. The van der Waals surface area contributed by atoms with Gasteiger partial charge >= 0.3 is 0 Å². The van der Waals surface area contributed by atoms with E-state index >= 15 is 0 Å². The number of nitrogens with one attached hydrogen (secondary N) is 2. The average molecular weight is 249 g/mol. The average Bonchev–Trinajstić information content (AvgIpc) is 2.39. The highest BCUT2D eigenvalue weighted by Gasteiger charge is 2.10. The number of para-hydroxylation sites is 1. The molecule has 1 aromatic carbocycles. The highest BCUT2D eigenvalue weighted by Crippen LogP contribution is 2.09. The summed E-state index contributed by atoms with van der Waals surface area (Å²) in [6, 6.07) is 10.1. The fourth-order valence-corrected chi connectivity index (χ4v) is 1.73. The fourth-order valence-electron chi connectivity index (χ4n) is 1.73. The second-order valence-electron chi connectivity index (χ2n) is 4.51. The van der Waals surface area contributed by atoms with E-state index in [9.17, 15) is 4.79 Å². The molecule has 0 aliphatic heterocycles. The molecule has 1 aromatic rings. The van der Waals surface area contributed by atoms with Crippen LogP contribution in [0.5, 0.6) is 0 Å². The standard InChI is InChI=1S/C14H23N3O/c1-12(11-15-2)14(18)16-9-10-17(3)13-7-5-4-6-8-13/h4-8,12,15H,9-11H2,1-3H3,(H,16,18). The molecule has 4 nitrogen and oxygen atoms in total. The molecule has 1 atom stereocenters. The van der Waals surface area contributed by atoms with Crippen molar-refractivity contribution in [2.75, 3.05) is 38.6 Å². The lowest BCUT2D eigenvalue weighted by Crippen LogP contribution is -2.38. The van der Waals surface area contributed by atoms with Crippen LogP contribution in [0.25, 0.3) is 0 Å². The van der Waals surface area contributed by atoms with Crippen LogP contribution in [0, 0.1) is 5.92 Å². The van der Waals surface area contributed by atoms with Crippen LogP contribution in [-0.2, 0) is 4.79 Å². The van der Waals surface area contributed by atoms with Crippen molar-refractivity contribution < 1.29 is 4.79 Å². The molecule has 0 aliphatic carbocycles. The number of anilines is 1. The first-order valence-corrected chi connectivity index (χ1v) is 6.33. The van der Waals surface area contributed by atoms with E-state index < -0.39 is 0 Å². The molecular weight excluding hydrogens is 226 g/mol. The van der Waals surface area contributed by atoms with Crippen molar-refractivity contribution >= 4 is 11.6 Å². The monoisotopic (exact) mass is 249 g/mol. The topological polar surface area (TPSA) is 44.4 Å². The maximum atomic E-state index is 11.7. The minimum atomic E-state index is 0.0111. The Labute approximate surface area is 109 Å². The van der Waals surface area contributed by atoms with Crippen molar-refractivity contribution in [2.24, 2.45) is 5.92 Å². The third kappa shape index (κ3) is 4.75. The molecule has 0 saturated heterocycles. The zero-order valence-electron chi connectivity index (χ0n) is 11.4. The van der Waals surface area contributed by atoms with E-state index in [-0.39, 0.29) is 11.8 Å². The van der Waals surface area contributed by atoms with Gasteiger partial charge in [-0.2, -0.15) is 0 Å². The Morgan fingerprint density at radius 1 is 1.33 bits per heavy atom. The lowest BCUT2D eigenvalue weighted by Gasteiger charge is -2.20. The first-order chi connectivity index (χ1) is 8.65. The third-order valence-corrected chi connectivity index (χ3v) is 2.90. The SMILES string of the molecule is CNCC(C)C(=O)NCCN(C)c1ccccc1. The summed E-state index contributed by atoms with van der Waals surface area (Å²) in [5.74, 6) is 0.114. The molecule has 18 heavy (non-hydrogen) atoms. The van der Waals surface area contributed by atoms with Crippen LogP contribution in [-0.4, -0.2) is 39.6 Å². The van der Waals surface area contributed by atoms with Crippen LogP contribution in [0.1, 0.15) is 6.92 Å². The van der Waals surface area contributed by atoms with E-state index in [4.69, 9.17) is 0 Å². The lowest BCUT2D eigenvalue weighted by atomic mass is 10.1. The van der Waals surface area contributed by atoms with E-state index in [1.807, 2.05) is 39.2 Å². The molecule has 1 unspecified atom stereocenters. The van der Waals surface area contributed by atoms with Crippen molar-refractivity contribution in [1.29, 1.82) is 0 Å². The summed E-state index contributed by atoms with van der Waals surface area (Å²) in [5, 5.41) is 5.95. The molecule has 1 rings (SSSR count). The summed E-state index contributed by atoms with van der Waals surface area (Å²) in [4.78, 5) is 13.8. The van der Waals surface area contributed by atoms with E-state index in [0.717, 1.165) is 12.2 Å². The zero-order chi connectivity index (χ0) is 13.4. The molecule has 0 aromatic heterocycles. The van der Waals surface area contributed by atoms with Crippen molar-refractivity contribution in [3.63, 3.8) is 0 Å². The Morgan fingerprint density at radius 2 is 2.00 bits per heavy atom. The molecule has 0 aliphatic rings. The molecule has 0 heterocycles. The van der Waals surface area contributed by atoms with Crippen LogP contribution in [0.4, 0.5) is 5.69 Å². The predicted octanol–water partition coefficient (Wildman–Crippen LogP) is 1.09. The van der Waals surface area contributed by atoms with Gasteiger partial charge in [-0.3, -0.25) is 4.79 Å². The van der Waals surface area contributed by atoms with Crippen molar-refractivity contribution in [1.82, 2.24) is 10.6 Å². The zero-order valence-corrected chi connectivity index (χ0v) is 11.4. The number of benzene rings is 1. The summed E-state index contributed by atoms with van der Waals surface area (Å²) in [6.07, 6.45) is 0. The van der Waals surface area contributed by atoms with E-state index in [1.165, 1.54) is 0 Å². The number of carbonyl (C=O) groups excluding carboxylic acids is 1. The number of likely N-dealkylation sites (N-methyl/N-ethyl adjacent to an activating group) is 1. The van der Waals surface area contributed by atoms with Gasteiger partial charge < -0.3 is 15.5 Å². The first kappa shape index (κ1) is 14.5. The minimum absolute atomic E-state index is 0.0111. The molecule has 1 amide bonds. The van der Waals surface area contributed by atoms with Gasteiger partial charge in [0.15, 0.2) is 0 Å². The van der Waals surface area contributed by atoms with Crippen LogP contribution in [0.2, 0.25) is 0 Å². The summed E-state index contributed by atoms with van der Waals surface area (Å²) in [5.41, 5.74) is 1.16. The van der Waals surface area contributed by atoms with Crippen molar-refractivity contribution in [3.05, 3.63) is 30.3 Å². The van der Waals surface area contributed by atoms with Gasteiger partial charge in [0.1, 0.15) is 0 Å². The Morgan fingerprint density at radius 3 is 2.61 bits per heavy atom. The van der Waals surface area contributed by atoms with Crippen LogP contribution in [0.3, 0.4) is 0 Å². The Bertz CT molecular complexity index is 353. The number of nitrogens with zero attached hydrogens (tertiary/aromatic N) is 1. The maximum Gasteiger partial charge on any atom is 0.224 e. The van der Waals surface area contributed by atoms with Gasteiger partial charge in [-0.1, -0.05) is 25.1 Å².